The van der Waals surface area contributed by atoms with Crippen LogP contribution in [0.3, 0.4) is 0 Å². The molecule has 1 aromatic carbocycles. The van der Waals surface area contributed by atoms with Gasteiger partial charge < -0.3 is 10.6 Å². The van der Waals surface area contributed by atoms with Crippen molar-refractivity contribution in [3.05, 3.63) is 51.5 Å². The van der Waals surface area contributed by atoms with Crippen LogP contribution < -0.4 is 10.6 Å². The van der Waals surface area contributed by atoms with Crippen LogP contribution in [-0.2, 0) is 6.42 Å². The number of amides is 1. The molecule has 4 nitrogen and oxygen atoms in total. The van der Waals surface area contributed by atoms with E-state index in [4.69, 9.17) is 0 Å². The van der Waals surface area contributed by atoms with Gasteiger partial charge in [0.2, 0.25) is 0 Å². The number of halogens is 2. The smallest absolute Gasteiger partial charge is 0.263 e. The van der Waals surface area contributed by atoms with Crippen molar-refractivity contribution < 1.29 is 4.79 Å². The third-order valence-corrected chi connectivity index (χ3v) is 4.42. The highest BCUT2D eigenvalue weighted by Gasteiger charge is 2.14. The zero-order valence-electron chi connectivity index (χ0n) is 14.0. The average molecular weight is 390 g/mol. The Bertz CT molecular complexity index is 605. The molecule has 1 aromatic heterocycles. The van der Waals surface area contributed by atoms with Crippen molar-refractivity contribution >= 4 is 42.1 Å². The molecule has 0 spiro atoms. The van der Waals surface area contributed by atoms with Gasteiger partial charge in [-0.2, -0.15) is 0 Å². The quantitative estimate of drug-likeness (QED) is 0.677. The molecule has 0 saturated heterocycles. The van der Waals surface area contributed by atoms with Crippen LogP contribution >= 0.6 is 36.2 Å². The van der Waals surface area contributed by atoms with Crippen LogP contribution in [0, 0.1) is 6.92 Å². The van der Waals surface area contributed by atoms with Gasteiger partial charge in [0.1, 0.15) is 4.88 Å². The molecular weight excluding hydrogens is 365 g/mol. The lowest BCUT2D eigenvalue weighted by atomic mass is 10.2. The Kier molecular flexibility index (Phi) is 11.7. The molecule has 134 valence electrons. The van der Waals surface area contributed by atoms with E-state index in [0.717, 1.165) is 41.5 Å². The highest BCUT2D eigenvalue weighted by atomic mass is 35.5. The fourth-order valence-electron chi connectivity index (χ4n) is 2.16. The molecule has 0 radical (unpaired) electrons. The van der Waals surface area contributed by atoms with E-state index >= 15 is 0 Å². The standard InChI is InChI=1S/C17H23N3OS.2ClH/c1-3-9-18-10-11-19-17(21)16-13(2)20-15(22-16)12-14-7-5-4-6-8-14;;/h4-8,18H,3,9-12H2,1-2H3,(H,19,21);2*1H. The SMILES string of the molecule is CCCNCCNC(=O)c1sc(Cc2ccccc2)nc1C.Cl.Cl. The molecule has 24 heavy (non-hydrogen) atoms. The monoisotopic (exact) mass is 389 g/mol. The fraction of sp³-hybridized carbons (Fsp3) is 0.412. The first-order chi connectivity index (χ1) is 10.7. The van der Waals surface area contributed by atoms with Crippen LogP contribution in [0.25, 0.3) is 0 Å². The zero-order valence-corrected chi connectivity index (χ0v) is 16.5. The molecular formula is C17H25Cl2N3OS. The number of thiazole rings is 1. The van der Waals surface area contributed by atoms with Crippen molar-refractivity contribution in [2.75, 3.05) is 19.6 Å². The molecule has 7 heteroatoms. The predicted molar refractivity (Wildman–Crippen MR) is 106 cm³/mol. The molecule has 0 aliphatic rings. The van der Waals surface area contributed by atoms with E-state index in [-0.39, 0.29) is 30.7 Å². The number of aryl methyl sites for hydroxylation is 1. The van der Waals surface area contributed by atoms with Gasteiger partial charge in [-0.1, -0.05) is 37.3 Å². The summed E-state index contributed by atoms with van der Waals surface area (Å²) < 4.78 is 0. The van der Waals surface area contributed by atoms with Crippen LogP contribution in [0.2, 0.25) is 0 Å². The lowest BCUT2D eigenvalue weighted by Crippen LogP contribution is -2.32. The summed E-state index contributed by atoms with van der Waals surface area (Å²) in [7, 11) is 0. The minimum atomic E-state index is -0.0207. The van der Waals surface area contributed by atoms with E-state index < -0.39 is 0 Å². The molecule has 0 fully saturated rings. The minimum Gasteiger partial charge on any atom is -0.350 e. The van der Waals surface area contributed by atoms with E-state index in [2.05, 4.69) is 34.7 Å². The van der Waals surface area contributed by atoms with E-state index in [1.807, 2.05) is 25.1 Å². The second-order valence-corrected chi connectivity index (χ2v) is 6.27. The maximum Gasteiger partial charge on any atom is 0.263 e. The Morgan fingerprint density at radius 3 is 2.50 bits per heavy atom. The molecule has 2 aromatic rings. The Labute approximate surface area is 160 Å². The topological polar surface area (TPSA) is 54.0 Å². The Morgan fingerprint density at radius 1 is 1.12 bits per heavy atom. The first kappa shape index (κ1) is 22.9. The molecule has 0 unspecified atom stereocenters. The summed E-state index contributed by atoms with van der Waals surface area (Å²) in [5.41, 5.74) is 2.03. The Hall–Kier alpha value is -1.14. The van der Waals surface area contributed by atoms with Crippen LogP contribution in [0.15, 0.2) is 30.3 Å². The number of carbonyl (C=O) groups excluding carboxylic acids is 1. The lowest BCUT2D eigenvalue weighted by Gasteiger charge is -2.04. The minimum absolute atomic E-state index is 0. The highest BCUT2D eigenvalue weighted by Crippen LogP contribution is 2.20. The summed E-state index contributed by atoms with van der Waals surface area (Å²) in [4.78, 5) is 17.4. The van der Waals surface area contributed by atoms with Gasteiger partial charge in [0.15, 0.2) is 0 Å². The molecule has 1 amide bonds. The fourth-order valence-corrected chi connectivity index (χ4v) is 3.17. The van der Waals surface area contributed by atoms with Gasteiger partial charge in [-0.05, 0) is 25.5 Å². The normalized spacial score (nSPS) is 9.75. The number of nitrogens with one attached hydrogen (secondary N) is 2. The maximum atomic E-state index is 12.2. The second-order valence-electron chi connectivity index (χ2n) is 5.19. The van der Waals surface area contributed by atoms with E-state index in [1.165, 1.54) is 16.9 Å². The van der Waals surface area contributed by atoms with E-state index in [1.54, 1.807) is 0 Å². The van der Waals surface area contributed by atoms with E-state index in [9.17, 15) is 4.79 Å². The van der Waals surface area contributed by atoms with Gasteiger partial charge in [-0.25, -0.2) is 4.98 Å². The first-order valence-electron chi connectivity index (χ1n) is 7.70. The summed E-state index contributed by atoms with van der Waals surface area (Å²) in [5.74, 6) is -0.0207. The molecule has 0 aliphatic carbocycles. The summed E-state index contributed by atoms with van der Waals surface area (Å²) in [6.07, 6.45) is 1.88. The molecule has 0 saturated carbocycles. The van der Waals surface area contributed by atoms with Gasteiger partial charge in [0.05, 0.1) is 10.7 Å². The van der Waals surface area contributed by atoms with Crippen molar-refractivity contribution in [3.8, 4) is 0 Å². The number of carbonyl (C=O) groups is 1. The van der Waals surface area contributed by atoms with Gasteiger partial charge in [0, 0.05) is 19.5 Å². The zero-order chi connectivity index (χ0) is 15.8. The number of hydrogen-bond acceptors (Lipinski definition) is 4. The van der Waals surface area contributed by atoms with Crippen molar-refractivity contribution in [2.24, 2.45) is 0 Å². The molecule has 0 bridgehead atoms. The number of rotatable bonds is 8. The molecule has 2 rings (SSSR count). The Balaban J connectivity index is 0.00000264. The van der Waals surface area contributed by atoms with Crippen molar-refractivity contribution in [3.63, 3.8) is 0 Å². The highest BCUT2D eigenvalue weighted by molar-refractivity contribution is 7.13. The lowest BCUT2D eigenvalue weighted by molar-refractivity contribution is 0.0957. The number of hydrogen-bond donors (Lipinski definition) is 2. The van der Waals surface area contributed by atoms with Crippen molar-refractivity contribution in [2.45, 2.75) is 26.7 Å². The van der Waals surface area contributed by atoms with Crippen molar-refractivity contribution in [1.29, 1.82) is 0 Å². The second kappa shape index (κ2) is 12.3. The summed E-state index contributed by atoms with van der Waals surface area (Å²) >= 11 is 1.49. The predicted octanol–water partition coefficient (Wildman–Crippen LogP) is 3.62. The van der Waals surface area contributed by atoms with Gasteiger partial charge in [0.25, 0.3) is 5.91 Å². The largest absolute Gasteiger partial charge is 0.350 e. The average Bonchev–Trinajstić information content (AvgIpc) is 2.88. The van der Waals surface area contributed by atoms with Crippen LogP contribution in [-0.4, -0.2) is 30.5 Å². The Morgan fingerprint density at radius 2 is 1.83 bits per heavy atom. The van der Waals surface area contributed by atoms with Gasteiger partial charge in [-0.3, -0.25) is 4.79 Å². The van der Waals surface area contributed by atoms with Gasteiger partial charge in [-0.15, -0.1) is 36.2 Å². The molecule has 1 heterocycles. The molecule has 0 atom stereocenters. The number of aromatic nitrogens is 1. The molecule has 0 aliphatic heterocycles. The van der Waals surface area contributed by atoms with E-state index in [0.29, 0.717) is 6.54 Å². The number of benzene rings is 1. The van der Waals surface area contributed by atoms with Crippen molar-refractivity contribution in [1.82, 2.24) is 15.6 Å². The van der Waals surface area contributed by atoms with Crippen LogP contribution in [0.5, 0.6) is 0 Å². The maximum absolute atomic E-state index is 12.2. The first-order valence-corrected chi connectivity index (χ1v) is 8.51. The summed E-state index contributed by atoms with van der Waals surface area (Å²) in [5, 5.41) is 7.20. The summed E-state index contributed by atoms with van der Waals surface area (Å²) in [6, 6.07) is 10.2. The third kappa shape index (κ3) is 7.18. The number of nitrogens with zero attached hydrogens (tertiary/aromatic N) is 1. The van der Waals surface area contributed by atoms with Crippen LogP contribution in [0.4, 0.5) is 0 Å². The third-order valence-electron chi connectivity index (χ3n) is 3.26. The molecule has 2 N–H and O–H groups in total. The van der Waals surface area contributed by atoms with Crippen LogP contribution in [0.1, 0.15) is 39.3 Å². The summed E-state index contributed by atoms with van der Waals surface area (Å²) in [6.45, 7) is 6.45. The van der Waals surface area contributed by atoms with Gasteiger partial charge >= 0.3 is 0 Å².